The van der Waals surface area contributed by atoms with Crippen molar-refractivity contribution in [1.82, 2.24) is 5.32 Å². The van der Waals surface area contributed by atoms with Crippen molar-refractivity contribution in [3.8, 4) is 0 Å². The van der Waals surface area contributed by atoms with Crippen molar-refractivity contribution in [2.24, 2.45) is 0 Å². The van der Waals surface area contributed by atoms with E-state index in [2.05, 4.69) is 22.5 Å². The summed E-state index contributed by atoms with van der Waals surface area (Å²) < 4.78 is 14.2. The van der Waals surface area contributed by atoms with Crippen molar-refractivity contribution < 1.29 is 4.39 Å². The highest BCUT2D eigenvalue weighted by Crippen LogP contribution is 2.25. The maximum Gasteiger partial charge on any atom is 0.148 e. The second kappa shape index (κ2) is 5.57. The van der Waals surface area contributed by atoms with Crippen molar-refractivity contribution >= 4 is 11.4 Å². The fraction of sp³-hybridized carbons (Fsp3) is 0.571. The fourth-order valence-corrected chi connectivity index (χ4v) is 2.36. The van der Waals surface area contributed by atoms with Crippen LogP contribution in [0.25, 0.3) is 0 Å². The van der Waals surface area contributed by atoms with Gasteiger partial charge in [-0.25, -0.2) is 4.39 Å². The molecule has 1 fully saturated rings. The molecule has 1 aliphatic rings. The summed E-state index contributed by atoms with van der Waals surface area (Å²) in [6.07, 6.45) is 0. The first kappa shape index (κ1) is 13.1. The normalized spacial score (nSPS) is 20.3. The number of benzene rings is 1. The third kappa shape index (κ3) is 2.93. The van der Waals surface area contributed by atoms with Gasteiger partial charge in [0.15, 0.2) is 0 Å². The zero-order chi connectivity index (χ0) is 13.1. The number of hydrogen-bond donors (Lipinski definition) is 2. The Balaban J connectivity index is 2.18. The van der Waals surface area contributed by atoms with Crippen LogP contribution >= 0.6 is 0 Å². The molecule has 1 aromatic rings. The van der Waals surface area contributed by atoms with Crippen molar-refractivity contribution in [3.63, 3.8) is 0 Å². The number of anilines is 2. The second-order valence-electron chi connectivity index (χ2n) is 5.21. The van der Waals surface area contributed by atoms with Crippen LogP contribution in [0.1, 0.15) is 20.8 Å². The minimum atomic E-state index is -0.144. The van der Waals surface area contributed by atoms with Gasteiger partial charge < -0.3 is 15.5 Å². The Morgan fingerprint density at radius 3 is 2.83 bits per heavy atom. The van der Waals surface area contributed by atoms with Crippen LogP contribution in [0.5, 0.6) is 0 Å². The molecule has 100 valence electrons. The quantitative estimate of drug-likeness (QED) is 0.864. The van der Waals surface area contributed by atoms with Gasteiger partial charge in [-0.3, -0.25) is 0 Å². The van der Waals surface area contributed by atoms with Crippen LogP contribution in [0.2, 0.25) is 0 Å². The maximum absolute atomic E-state index is 14.2. The number of hydrogen-bond acceptors (Lipinski definition) is 3. The summed E-state index contributed by atoms with van der Waals surface area (Å²) in [5.41, 5.74) is 1.55. The first-order chi connectivity index (χ1) is 8.58. The van der Waals surface area contributed by atoms with E-state index in [4.69, 9.17) is 0 Å². The van der Waals surface area contributed by atoms with Crippen LogP contribution < -0.4 is 15.5 Å². The van der Waals surface area contributed by atoms with E-state index >= 15 is 0 Å². The Morgan fingerprint density at radius 1 is 1.44 bits per heavy atom. The lowest BCUT2D eigenvalue weighted by Crippen LogP contribution is -2.50. The summed E-state index contributed by atoms with van der Waals surface area (Å²) in [6, 6.07) is 6.06. The van der Waals surface area contributed by atoms with Gasteiger partial charge in [0.05, 0.1) is 5.69 Å². The fourth-order valence-electron chi connectivity index (χ4n) is 2.36. The van der Waals surface area contributed by atoms with E-state index in [9.17, 15) is 4.39 Å². The molecule has 2 rings (SSSR count). The van der Waals surface area contributed by atoms with Gasteiger partial charge in [-0.15, -0.1) is 0 Å². The van der Waals surface area contributed by atoms with Crippen molar-refractivity contribution in [2.75, 3.05) is 29.9 Å². The molecule has 1 heterocycles. The average molecular weight is 251 g/mol. The van der Waals surface area contributed by atoms with Gasteiger partial charge in [0.2, 0.25) is 0 Å². The molecule has 3 nitrogen and oxygen atoms in total. The van der Waals surface area contributed by atoms with Gasteiger partial charge >= 0.3 is 0 Å². The van der Waals surface area contributed by atoms with Gasteiger partial charge in [0.1, 0.15) is 5.82 Å². The number of nitrogens with one attached hydrogen (secondary N) is 2. The van der Waals surface area contributed by atoms with Crippen LogP contribution in [-0.2, 0) is 0 Å². The highest BCUT2D eigenvalue weighted by Gasteiger charge is 2.20. The van der Waals surface area contributed by atoms with Crippen LogP contribution in [0.4, 0.5) is 15.8 Å². The summed E-state index contributed by atoms with van der Waals surface area (Å²) in [7, 11) is 0. The average Bonchev–Trinajstić information content (AvgIpc) is 2.30. The zero-order valence-corrected chi connectivity index (χ0v) is 11.3. The highest BCUT2D eigenvalue weighted by molar-refractivity contribution is 5.57. The van der Waals surface area contributed by atoms with Gasteiger partial charge in [0.25, 0.3) is 0 Å². The summed E-state index contributed by atoms with van der Waals surface area (Å²) in [4.78, 5) is 2.13. The van der Waals surface area contributed by atoms with Gasteiger partial charge in [-0.05, 0) is 39.0 Å². The molecule has 2 N–H and O–H groups in total. The molecular weight excluding hydrogens is 229 g/mol. The Morgan fingerprint density at radius 2 is 2.22 bits per heavy atom. The Bertz CT molecular complexity index is 406. The van der Waals surface area contributed by atoms with E-state index in [0.717, 1.165) is 25.3 Å². The summed E-state index contributed by atoms with van der Waals surface area (Å²) in [6.45, 7) is 8.89. The Labute approximate surface area is 108 Å². The number of piperazine rings is 1. The predicted molar refractivity (Wildman–Crippen MR) is 74.8 cm³/mol. The number of nitrogens with zero attached hydrogens (tertiary/aromatic N) is 1. The smallest absolute Gasteiger partial charge is 0.148 e. The number of halogens is 1. The van der Waals surface area contributed by atoms with Gasteiger partial charge in [-0.2, -0.15) is 0 Å². The molecule has 0 aromatic heterocycles. The van der Waals surface area contributed by atoms with Gasteiger partial charge in [0, 0.05) is 37.4 Å². The van der Waals surface area contributed by atoms with Crippen LogP contribution in [-0.4, -0.2) is 31.7 Å². The minimum Gasteiger partial charge on any atom is -0.383 e. The molecule has 0 saturated carbocycles. The van der Waals surface area contributed by atoms with Gasteiger partial charge in [-0.1, -0.05) is 0 Å². The molecule has 1 saturated heterocycles. The van der Waals surface area contributed by atoms with E-state index in [1.165, 1.54) is 0 Å². The minimum absolute atomic E-state index is 0.144. The van der Waals surface area contributed by atoms with E-state index in [1.807, 2.05) is 26.0 Å². The lowest BCUT2D eigenvalue weighted by Gasteiger charge is -2.36. The van der Waals surface area contributed by atoms with E-state index in [-0.39, 0.29) is 5.82 Å². The molecule has 1 unspecified atom stereocenters. The monoisotopic (exact) mass is 251 g/mol. The molecule has 0 bridgehead atoms. The highest BCUT2D eigenvalue weighted by atomic mass is 19.1. The topological polar surface area (TPSA) is 27.3 Å². The third-order valence-electron chi connectivity index (χ3n) is 3.21. The van der Waals surface area contributed by atoms with E-state index in [1.54, 1.807) is 6.07 Å². The molecule has 4 heteroatoms. The molecule has 0 radical (unpaired) electrons. The van der Waals surface area contributed by atoms with Crippen molar-refractivity contribution in [2.45, 2.75) is 32.9 Å². The lowest BCUT2D eigenvalue weighted by atomic mass is 10.1. The molecule has 1 aliphatic heterocycles. The molecule has 0 aliphatic carbocycles. The van der Waals surface area contributed by atoms with Crippen molar-refractivity contribution in [3.05, 3.63) is 24.0 Å². The predicted octanol–water partition coefficient (Wildman–Crippen LogP) is 2.44. The third-order valence-corrected chi connectivity index (χ3v) is 3.21. The first-order valence-electron chi connectivity index (χ1n) is 6.61. The summed E-state index contributed by atoms with van der Waals surface area (Å²) in [5, 5.41) is 6.53. The SMILES string of the molecule is CC(C)Nc1ccc(N2CCNCC2C)c(F)c1. The van der Waals surface area contributed by atoms with Crippen LogP contribution in [0.3, 0.4) is 0 Å². The maximum atomic E-state index is 14.2. The lowest BCUT2D eigenvalue weighted by molar-refractivity contribution is 0.491. The number of rotatable bonds is 3. The van der Waals surface area contributed by atoms with E-state index < -0.39 is 0 Å². The summed E-state index contributed by atoms with van der Waals surface area (Å²) in [5.74, 6) is -0.144. The molecule has 0 amide bonds. The summed E-state index contributed by atoms with van der Waals surface area (Å²) >= 11 is 0. The molecule has 18 heavy (non-hydrogen) atoms. The van der Waals surface area contributed by atoms with Crippen molar-refractivity contribution in [1.29, 1.82) is 0 Å². The Hall–Kier alpha value is -1.29. The Kier molecular flexibility index (Phi) is 4.07. The zero-order valence-electron chi connectivity index (χ0n) is 11.3. The molecule has 1 aromatic carbocycles. The largest absolute Gasteiger partial charge is 0.383 e. The first-order valence-corrected chi connectivity index (χ1v) is 6.61. The standard InChI is InChI=1S/C14H22FN3/c1-10(2)17-12-4-5-14(13(15)8-12)18-7-6-16-9-11(18)3/h4-5,8,10-11,16-17H,6-7,9H2,1-3H3. The molecule has 1 atom stereocenters. The van der Waals surface area contributed by atoms with E-state index in [0.29, 0.717) is 17.8 Å². The van der Waals surface area contributed by atoms with Crippen LogP contribution in [0.15, 0.2) is 18.2 Å². The van der Waals surface area contributed by atoms with Crippen LogP contribution in [0, 0.1) is 5.82 Å². The molecule has 0 spiro atoms. The molecular formula is C14H22FN3. The second-order valence-corrected chi connectivity index (χ2v) is 5.21.